The second kappa shape index (κ2) is 4.41. The summed E-state index contributed by atoms with van der Waals surface area (Å²) in [5, 5.41) is 15.5. The Morgan fingerprint density at radius 2 is 2.12 bits per heavy atom. The van der Waals surface area contributed by atoms with Crippen molar-refractivity contribution in [3.05, 3.63) is 5.01 Å². The molecular formula is C9H12F3N3OS. The standard InChI is InChI=1S/C9H12F3N3OS/c1-15(4-6(16)5-2-3-5)8-14-13-7(17-8)9(10,11)12/h5-6,16H,2-4H2,1H3. The molecule has 0 bridgehead atoms. The molecule has 1 aliphatic carbocycles. The Hall–Kier alpha value is -0.890. The first kappa shape index (κ1) is 12.6. The Morgan fingerprint density at radius 3 is 2.59 bits per heavy atom. The van der Waals surface area contributed by atoms with Gasteiger partial charge < -0.3 is 10.0 Å². The number of anilines is 1. The van der Waals surface area contributed by atoms with E-state index >= 15 is 0 Å². The zero-order valence-electron chi connectivity index (χ0n) is 9.11. The molecule has 1 saturated carbocycles. The van der Waals surface area contributed by atoms with E-state index in [9.17, 15) is 18.3 Å². The van der Waals surface area contributed by atoms with E-state index in [0.29, 0.717) is 11.3 Å². The number of rotatable bonds is 4. The van der Waals surface area contributed by atoms with Gasteiger partial charge in [-0.2, -0.15) is 13.2 Å². The summed E-state index contributed by atoms with van der Waals surface area (Å²) in [7, 11) is 1.60. The molecule has 96 valence electrons. The van der Waals surface area contributed by atoms with Crippen molar-refractivity contribution in [1.82, 2.24) is 10.2 Å². The third-order valence-electron chi connectivity index (χ3n) is 2.61. The zero-order chi connectivity index (χ0) is 12.6. The maximum atomic E-state index is 12.3. The number of likely N-dealkylation sites (N-methyl/N-ethyl adjacent to an activating group) is 1. The molecule has 4 nitrogen and oxygen atoms in total. The van der Waals surface area contributed by atoms with E-state index in [4.69, 9.17) is 0 Å². The Balaban J connectivity index is 1.98. The lowest BCUT2D eigenvalue weighted by molar-refractivity contribution is -0.138. The van der Waals surface area contributed by atoms with Crippen molar-refractivity contribution in [3.8, 4) is 0 Å². The first-order chi connectivity index (χ1) is 7.88. The molecule has 8 heteroatoms. The maximum Gasteiger partial charge on any atom is 0.445 e. The molecule has 1 N–H and O–H groups in total. The average molecular weight is 267 g/mol. The van der Waals surface area contributed by atoms with E-state index in [1.165, 1.54) is 4.90 Å². The largest absolute Gasteiger partial charge is 0.445 e. The fourth-order valence-corrected chi connectivity index (χ4v) is 2.16. The molecule has 17 heavy (non-hydrogen) atoms. The minimum Gasteiger partial charge on any atom is -0.391 e. The van der Waals surface area contributed by atoms with Gasteiger partial charge in [0, 0.05) is 13.6 Å². The van der Waals surface area contributed by atoms with E-state index in [1.54, 1.807) is 7.05 Å². The fraction of sp³-hybridized carbons (Fsp3) is 0.778. The normalized spacial score (nSPS) is 18.2. The lowest BCUT2D eigenvalue weighted by atomic mass is 10.2. The van der Waals surface area contributed by atoms with E-state index in [0.717, 1.165) is 12.8 Å². The number of aliphatic hydroxyl groups excluding tert-OH is 1. The summed E-state index contributed by atoms with van der Waals surface area (Å²) in [5.74, 6) is 0.285. The minimum absolute atomic E-state index is 0.178. The van der Waals surface area contributed by atoms with Gasteiger partial charge in [0.15, 0.2) is 0 Å². The monoisotopic (exact) mass is 267 g/mol. The van der Waals surface area contributed by atoms with Crippen LogP contribution in [-0.2, 0) is 6.18 Å². The van der Waals surface area contributed by atoms with Crippen LogP contribution >= 0.6 is 11.3 Å². The highest BCUT2D eigenvalue weighted by atomic mass is 32.1. The van der Waals surface area contributed by atoms with Crippen molar-refractivity contribution in [1.29, 1.82) is 0 Å². The van der Waals surface area contributed by atoms with E-state index in [-0.39, 0.29) is 17.6 Å². The van der Waals surface area contributed by atoms with Gasteiger partial charge in [-0.3, -0.25) is 0 Å². The molecule has 0 saturated heterocycles. The average Bonchev–Trinajstić information content (AvgIpc) is 2.93. The summed E-state index contributed by atoms with van der Waals surface area (Å²) in [6, 6.07) is 0. The molecule has 0 spiro atoms. The predicted octanol–water partition coefficient (Wildman–Crippen LogP) is 1.76. The van der Waals surface area contributed by atoms with Gasteiger partial charge in [-0.25, -0.2) is 0 Å². The highest BCUT2D eigenvalue weighted by Gasteiger charge is 2.36. The van der Waals surface area contributed by atoms with Crippen molar-refractivity contribution in [2.75, 3.05) is 18.5 Å². The van der Waals surface area contributed by atoms with E-state index in [2.05, 4.69) is 10.2 Å². The Morgan fingerprint density at radius 1 is 1.47 bits per heavy atom. The molecule has 2 rings (SSSR count). The molecule has 1 aromatic rings. The van der Waals surface area contributed by atoms with Gasteiger partial charge in [-0.1, -0.05) is 11.3 Å². The van der Waals surface area contributed by atoms with Crippen LogP contribution in [0.4, 0.5) is 18.3 Å². The van der Waals surface area contributed by atoms with Crippen molar-refractivity contribution in [2.24, 2.45) is 5.92 Å². The molecule has 1 atom stereocenters. The Kier molecular flexibility index (Phi) is 3.26. The van der Waals surface area contributed by atoms with Crippen molar-refractivity contribution < 1.29 is 18.3 Å². The van der Waals surface area contributed by atoms with Crippen molar-refractivity contribution in [3.63, 3.8) is 0 Å². The number of hydrogen-bond acceptors (Lipinski definition) is 5. The summed E-state index contributed by atoms with van der Waals surface area (Å²) in [6.07, 6.45) is -2.98. The van der Waals surface area contributed by atoms with Crippen molar-refractivity contribution in [2.45, 2.75) is 25.1 Å². The first-order valence-corrected chi connectivity index (χ1v) is 5.99. The van der Waals surface area contributed by atoms with Crippen LogP contribution in [0.15, 0.2) is 0 Å². The van der Waals surface area contributed by atoms with E-state index in [1.807, 2.05) is 0 Å². The molecule has 0 radical (unpaired) electrons. The summed E-state index contributed by atoms with van der Waals surface area (Å²) in [5.41, 5.74) is 0. The highest BCUT2D eigenvalue weighted by Crippen LogP contribution is 2.36. The Bertz CT molecular complexity index is 391. The molecule has 1 aliphatic rings. The van der Waals surface area contributed by atoms with Crippen molar-refractivity contribution >= 4 is 16.5 Å². The quantitative estimate of drug-likeness (QED) is 0.903. The van der Waals surface area contributed by atoms with Crippen LogP contribution in [0.2, 0.25) is 0 Å². The predicted molar refractivity (Wildman–Crippen MR) is 56.9 cm³/mol. The second-order valence-corrected chi connectivity index (χ2v) is 5.13. The molecule has 1 aromatic heterocycles. The number of halogens is 3. The molecular weight excluding hydrogens is 255 g/mol. The van der Waals surface area contributed by atoms with E-state index < -0.39 is 17.3 Å². The first-order valence-electron chi connectivity index (χ1n) is 5.18. The fourth-order valence-electron chi connectivity index (χ4n) is 1.47. The summed E-state index contributed by atoms with van der Waals surface area (Å²) in [4.78, 5) is 1.51. The van der Waals surface area contributed by atoms with Crippen LogP contribution in [0.3, 0.4) is 0 Å². The maximum absolute atomic E-state index is 12.3. The van der Waals surface area contributed by atoms with Gasteiger partial charge in [-0.05, 0) is 18.8 Å². The third-order valence-corrected chi connectivity index (χ3v) is 3.69. The molecule has 0 amide bonds. The lowest BCUT2D eigenvalue weighted by Crippen LogP contribution is -2.30. The van der Waals surface area contributed by atoms with Gasteiger partial charge in [0.25, 0.3) is 0 Å². The smallest absolute Gasteiger partial charge is 0.391 e. The number of aliphatic hydroxyl groups is 1. The van der Waals surface area contributed by atoms with Gasteiger partial charge in [0.05, 0.1) is 6.10 Å². The van der Waals surface area contributed by atoms with Gasteiger partial charge in [0.2, 0.25) is 10.1 Å². The molecule has 1 unspecified atom stereocenters. The third kappa shape index (κ3) is 3.06. The Labute approximate surface area is 100 Å². The van der Waals surface area contributed by atoms with Crippen LogP contribution in [0.1, 0.15) is 17.8 Å². The summed E-state index contributed by atoms with van der Waals surface area (Å²) >= 11 is 0.490. The molecule has 0 aromatic carbocycles. The highest BCUT2D eigenvalue weighted by molar-refractivity contribution is 7.15. The lowest BCUT2D eigenvalue weighted by Gasteiger charge is -2.18. The SMILES string of the molecule is CN(CC(O)C1CC1)c1nnc(C(F)(F)F)s1. The summed E-state index contributed by atoms with van der Waals surface area (Å²) < 4.78 is 36.9. The van der Waals surface area contributed by atoms with Crippen LogP contribution in [-0.4, -0.2) is 35.0 Å². The van der Waals surface area contributed by atoms with Gasteiger partial charge >= 0.3 is 6.18 Å². The number of nitrogens with zero attached hydrogens (tertiary/aromatic N) is 3. The van der Waals surface area contributed by atoms with Crippen LogP contribution in [0, 0.1) is 5.92 Å². The number of alkyl halides is 3. The number of hydrogen-bond donors (Lipinski definition) is 1. The molecule has 1 fully saturated rings. The number of aromatic nitrogens is 2. The van der Waals surface area contributed by atoms with Gasteiger partial charge in [-0.15, -0.1) is 10.2 Å². The topological polar surface area (TPSA) is 49.2 Å². The summed E-state index contributed by atoms with van der Waals surface area (Å²) in [6.45, 7) is 0.289. The molecule has 1 heterocycles. The second-order valence-electron chi connectivity index (χ2n) is 4.17. The van der Waals surface area contributed by atoms with Gasteiger partial charge in [0.1, 0.15) is 0 Å². The molecule has 0 aliphatic heterocycles. The zero-order valence-corrected chi connectivity index (χ0v) is 9.92. The minimum atomic E-state index is -4.45. The van der Waals surface area contributed by atoms with Crippen LogP contribution in [0.25, 0.3) is 0 Å². The van der Waals surface area contributed by atoms with Crippen LogP contribution < -0.4 is 4.90 Å². The van der Waals surface area contributed by atoms with Crippen LogP contribution in [0.5, 0.6) is 0 Å².